The molecule has 124 valence electrons. The van der Waals surface area contributed by atoms with E-state index < -0.39 is 12.0 Å². The lowest BCUT2D eigenvalue weighted by atomic mass is 10.2. The minimum atomic E-state index is -0.935. The van der Waals surface area contributed by atoms with Crippen LogP contribution in [0, 0.1) is 12.7 Å². The van der Waals surface area contributed by atoms with Gasteiger partial charge in [-0.3, -0.25) is 4.79 Å². The number of halogens is 1. The average Bonchev–Trinajstić information content (AvgIpc) is 3.22. The van der Waals surface area contributed by atoms with Crippen molar-refractivity contribution in [3.05, 3.63) is 71.7 Å². The summed E-state index contributed by atoms with van der Waals surface area (Å²) in [6, 6.07) is 10.8. The fourth-order valence-corrected chi connectivity index (χ4v) is 2.32. The zero-order valence-electron chi connectivity index (χ0n) is 12.9. The molecule has 6 nitrogen and oxygen atoms in total. The van der Waals surface area contributed by atoms with Gasteiger partial charge in [-0.1, -0.05) is 6.07 Å². The Morgan fingerprint density at radius 3 is 2.92 bits per heavy atom. The maximum absolute atomic E-state index is 13.3. The van der Waals surface area contributed by atoms with Crippen LogP contribution in [0.25, 0.3) is 5.69 Å². The van der Waals surface area contributed by atoms with Crippen LogP contribution in [0.3, 0.4) is 0 Å². The van der Waals surface area contributed by atoms with E-state index in [1.807, 2.05) is 0 Å². The zero-order chi connectivity index (χ0) is 17.1. The van der Waals surface area contributed by atoms with Gasteiger partial charge >= 0.3 is 0 Å². The third-order valence-electron chi connectivity index (χ3n) is 3.50. The molecule has 2 heterocycles. The van der Waals surface area contributed by atoms with Crippen molar-refractivity contribution in [1.29, 1.82) is 0 Å². The summed E-state index contributed by atoms with van der Waals surface area (Å²) >= 11 is 0. The van der Waals surface area contributed by atoms with E-state index >= 15 is 0 Å². The molecular formula is C17H16FN3O3. The number of carbonyl (C=O) groups is 1. The van der Waals surface area contributed by atoms with E-state index in [1.54, 1.807) is 37.3 Å². The molecule has 0 aliphatic rings. The van der Waals surface area contributed by atoms with Crippen LogP contribution >= 0.6 is 0 Å². The summed E-state index contributed by atoms with van der Waals surface area (Å²) in [7, 11) is 0. The molecule has 24 heavy (non-hydrogen) atoms. The van der Waals surface area contributed by atoms with Gasteiger partial charge < -0.3 is 14.8 Å². The number of rotatable bonds is 5. The van der Waals surface area contributed by atoms with E-state index in [4.69, 9.17) is 4.42 Å². The number of furan rings is 1. The Bertz CT molecular complexity index is 843. The van der Waals surface area contributed by atoms with Crippen molar-refractivity contribution in [2.24, 2.45) is 0 Å². The summed E-state index contributed by atoms with van der Waals surface area (Å²) in [6.07, 6.45) is 0.514. The van der Waals surface area contributed by atoms with Crippen LogP contribution < -0.4 is 5.32 Å². The lowest BCUT2D eigenvalue weighted by Crippen LogP contribution is -2.28. The standard InChI is InChI=1S/C17H16FN3O3/c1-11-8-14(20-21(11)13-5-2-4-12(18)9-13)17(23)19-10-15(22)16-6-3-7-24-16/h2-9,15,22H,10H2,1H3,(H,19,23). The van der Waals surface area contributed by atoms with E-state index in [0.717, 1.165) is 0 Å². The first-order valence-corrected chi connectivity index (χ1v) is 7.37. The van der Waals surface area contributed by atoms with Gasteiger partial charge in [0.25, 0.3) is 5.91 Å². The molecule has 1 atom stereocenters. The number of aliphatic hydroxyl groups excluding tert-OH is 1. The van der Waals surface area contributed by atoms with Crippen LogP contribution in [0.1, 0.15) is 28.0 Å². The second kappa shape index (κ2) is 6.67. The maximum Gasteiger partial charge on any atom is 0.271 e. The summed E-state index contributed by atoms with van der Waals surface area (Å²) < 4.78 is 19.9. The van der Waals surface area contributed by atoms with E-state index in [-0.39, 0.29) is 18.1 Å². The van der Waals surface area contributed by atoms with Crippen molar-refractivity contribution >= 4 is 5.91 Å². The number of amides is 1. The fourth-order valence-electron chi connectivity index (χ4n) is 2.32. The summed E-state index contributed by atoms with van der Waals surface area (Å²) in [5.41, 5.74) is 1.41. The summed E-state index contributed by atoms with van der Waals surface area (Å²) in [5, 5.41) is 16.7. The van der Waals surface area contributed by atoms with Gasteiger partial charge in [-0.15, -0.1) is 0 Å². The van der Waals surface area contributed by atoms with Crippen molar-refractivity contribution < 1.29 is 18.7 Å². The monoisotopic (exact) mass is 329 g/mol. The number of aliphatic hydroxyl groups is 1. The number of hydrogen-bond acceptors (Lipinski definition) is 4. The average molecular weight is 329 g/mol. The van der Waals surface area contributed by atoms with E-state index in [1.165, 1.54) is 23.1 Å². The van der Waals surface area contributed by atoms with Crippen LogP contribution in [0.4, 0.5) is 4.39 Å². The Kier molecular flexibility index (Phi) is 4.43. The van der Waals surface area contributed by atoms with Crippen LogP contribution in [-0.4, -0.2) is 27.3 Å². The van der Waals surface area contributed by atoms with Crippen LogP contribution in [-0.2, 0) is 0 Å². The van der Waals surface area contributed by atoms with Crippen LogP contribution in [0.15, 0.2) is 53.1 Å². The predicted molar refractivity (Wildman–Crippen MR) is 84.3 cm³/mol. The number of nitrogens with one attached hydrogen (secondary N) is 1. The topological polar surface area (TPSA) is 80.3 Å². The van der Waals surface area contributed by atoms with Crippen molar-refractivity contribution in [2.75, 3.05) is 6.54 Å². The highest BCUT2D eigenvalue weighted by molar-refractivity contribution is 5.92. The molecule has 0 bridgehead atoms. The number of hydrogen-bond donors (Lipinski definition) is 2. The number of carbonyl (C=O) groups excluding carboxylic acids is 1. The molecular weight excluding hydrogens is 313 g/mol. The summed E-state index contributed by atoms with van der Waals surface area (Å²) in [6.45, 7) is 1.77. The van der Waals surface area contributed by atoms with Crippen LogP contribution in [0.2, 0.25) is 0 Å². The Balaban J connectivity index is 1.71. The zero-order valence-corrected chi connectivity index (χ0v) is 12.9. The molecule has 0 saturated carbocycles. The first-order valence-electron chi connectivity index (χ1n) is 7.37. The molecule has 0 fully saturated rings. The minimum absolute atomic E-state index is 0.00177. The number of benzene rings is 1. The SMILES string of the molecule is Cc1cc(C(=O)NCC(O)c2ccco2)nn1-c1cccc(F)c1. The highest BCUT2D eigenvalue weighted by Gasteiger charge is 2.16. The number of aromatic nitrogens is 2. The second-order valence-corrected chi connectivity index (χ2v) is 5.30. The second-order valence-electron chi connectivity index (χ2n) is 5.30. The summed E-state index contributed by atoms with van der Waals surface area (Å²) in [5.74, 6) is -0.439. The molecule has 1 aromatic carbocycles. The molecule has 0 aliphatic carbocycles. The van der Waals surface area contributed by atoms with E-state index in [0.29, 0.717) is 17.1 Å². The Morgan fingerprint density at radius 1 is 1.38 bits per heavy atom. The first kappa shape index (κ1) is 15.9. The summed E-state index contributed by atoms with van der Waals surface area (Å²) in [4.78, 5) is 12.2. The molecule has 0 radical (unpaired) electrons. The third-order valence-corrected chi connectivity index (χ3v) is 3.50. The smallest absolute Gasteiger partial charge is 0.271 e. The molecule has 1 unspecified atom stereocenters. The lowest BCUT2D eigenvalue weighted by Gasteiger charge is -2.08. The molecule has 1 amide bonds. The largest absolute Gasteiger partial charge is 0.467 e. The molecule has 0 spiro atoms. The molecule has 3 rings (SSSR count). The van der Waals surface area contributed by atoms with Gasteiger partial charge in [-0.2, -0.15) is 5.10 Å². The molecule has 7 heteroatoms. The van der Waals surface area contributed by atoms with E-state index in [2.05, 4.69) is 10.4 Å². The first-order chi connectivity index (χ1) is 11.5. The Hall–Kier alpha value is -2.93. The normalized spacial score (nSPS) is 12.1. The quantitative estimate of drug-likeness (QED) is 0.753. The van der Waals surface area contributed by atoms with E-state index in [9.17, 15) is 14.3 Å². The highest BCUT2D eigenvalue weighted by atomic mass is 19.1. The molecule has 2 N–H and O–H groups in total. The Morgan fingerprint density at radius 2 is 2.21 bits per heavy atom. The van der Waals surface area contributed by atoms with Crippen LogP contribution in [0.5, 0.6) is 0 Å². The molecule has 0 saturated heterocycles. The van der Waals surface area contributed by atoms with Gasteiger partial charge in [0.2, 0.25) is 0 Å². The van der Waals surface area contributed by atoms with Crippen molar-refractivity contribution in [2.45, 2.75) is 13.0 Å². The predicted octanol–water partition coefficient (Wildman–Crippen LogP) is 2.38. The maximum atomic E-state index is 13.3. The molecule has 2 aromatic heterocycles. The third kappa shape index (κ3) is 3.36. The number of aryl methyl sites for hydroxylation is 1. The van der Waals surface area contributed by atoms with Gasteiger partial charge in [0.1, 0.15) is 17.7 Å². The van der Waals surface area contributed by atoms with Crippen molar-refractivity contribution in [3.63, 3.8) is 0 Å². The fraction of sp³-hybridized carbons (Fsp3) is 0.176. The van der Waals surface area contributed by atoms with Gasteiger partial charge in [0.05, 0.1) is 18.5 Å². The molecule has 0 aliphatic heterocycles. The molecule has 3 aromatic rings. The van der Waals surface area contributed by atoms with Gasteiger partial charge in [-0.05, 0) is 43.3 Å². The highest BCUT2D eigenvalue weighted by Crippen LogP contribution is 2.14. The van der Waals surface area contributed by atoms with Crippen molar-refractivity contribution in [3.8, 4) is 5.69 Å². The Labute approximate surface area is 137 Å². The number of nitrogens with zero attached hydrogens (tertiary/aromatic N) is 2. The van der Waals surface area contributed by atoms with Gasteiger partial charge in [0.15, 0.2) is 5.69 Å². The lowest BCUT2D eigenvalue weighted by molar-refractivity contribution is 0.0896. The van der Waals surface area contributed by atoms with Gasteiger partial charge in [0, 0.05) is 5.69 Å². The van der Waals surface area contributed by atoms with Gasteiger partial charge in [-0.25, -0.2) is 9.07 Å². The van der Waals surface area contributed by atoms with Crippen molar-refractivity contribution in [1.82, 2.24) is 15.1 Å². The minimum Gasteiger partial charge on any atom is -0.467 e.